The number of carbonyl (C=O) groups excluding carboxylic acids is 1. The molecule has 0 heterocycles. The topological polar surface area (TPSA) is 47.6 Å². The van der Waals surface area contributed by atoms with Crippen LogP contribution < -0.4 is 10.1 Å². The van der Waals surface area contributed by atoms with Crippen molar-refractivity contribution in [3.8, 4) is 5.75 Å². The van der Waals surface area contributed by atoms with E-state index in [1.54, 1.807) is 19.9 Å². The first-order chi connectivity index (χ1) is 9.89. The molecule has 5 heteroatoms. The number of carbonyl (C=O) groups is 1. The molecular weight excluding hydrogens is 273 g/mol. The van der Waals surface area contributed by atoms with E-state index in [0.29, 0.717) is 12.3 Å². The molecule has 21 heavy (non-hydrogen) atoms. The molecule has 0 unspecified atom stereocenters. The fraction of sp³-hybridized carbons (Fsp3) is 0.562. The first-order valence-electron chi connectivity index (χ1n) is 7.10. The van der Waals surface area contributed by atoms with Crippen LogP contribution in [0.3, 0.4) is 0 Å². The first kappa shape index (κ1) is 17.4. The number of hydrogen-bond donors (Lipinski definition) is 1. The Hall–Kier alpha value is -1.62. The third-order valence-electron chi connectivity index (χ3n) is 3.02. The van der Waals surface area contributed by atoms with E-state index in [0.717, 1.165) is 18.5 Å². The summed E-state index contributed by atoms with van der Waals surface area (Å²) < 4.78 is 23.8. The molecule has 118 valence electrons. The summed E-state index contributed by atoms with van der Waals surface area (Å²) in [6.45, 7) is 7.11. The van der Waals surface area contributed by atoms with Crippen LogP contribution >= 0.6 is 0 Å². The van der Waals surface area contributed by atoms with Crippen LogP contribution in [0.25, 0.3) is 0 Å². The van der Waals surface area contributed by atoms with E-state index in [4.69, 9.17) is 9.47 Å². The van der Waals surface area contributed by atoms with Gasteiger partial charge in [0.1, 0.15) is 18.2 Å². The quantitative estimate of drug-likeness (QED) is 0.592. The summed E-state index contributed by atoms with van der Waals surface area (Å²) in [5.74, 6) is -0.291. The molecule has 0 saturated carbocycles. The predicted octanol–water partition coefficient (Wildman–Crippen LogP) is 2.90. The lowest BCUT2D eigenvalue weighted by molar-refractivity contribution is -0.152. The number of nitrogens with one attached hydrogen (secondary N) is 1. The van der Waals surface area contributed by atoms with Crippen molar-refractivity contribution in [2.45, 2.75) is 33.7 Å². The van der Waals surface area contributed by atoms with Crippen LogP contribution in [0.5, 0.6) is 5.75 Å². The summed E-state index contributed by atoms with van der Waals surface area (Å²) in [5.41, 5.74) is 0.0381. The molecule has 4 nitrogen and oxygen atoms in total. The molecule has 1 rings (SSSR count). The van der Waals surface area contributed by atoms with Crippen LogP contribution in [0, 0.1) is 11.2 Å². The molecule has 0 amide bonds. The van der Waals surface area contributed by atoms with Crippen molar-refractivity contribution in [2.75, 3.05) is 20.3 Å². The maximum atomic E-state index is 13.6. The Kier molecular flexibility index (Phi) is 6.62. The fourth-order valence-electron chi connectivity index (χ4n) is 1.81. The minimum atomic E-state index is -0.776. The molecule has 0 aliphatic heterocycles. The molecule has 1 N–H and O–H groups in total. The van der Waals surface area contributed by atoms with Gasteiger partial charge in [0, 0.05) is 12.6 Å². The summed E-state index contributed by atoms with van der Waals surface area (Å²) in [4.78, 5) is 11.6. The van der Waals surface area contributed by atoms with Gasteiger partial charge >= 0.3 is 5.97 Å². The van der Waals surface area contributed by atoms with E-state index in [1.807, 2.05) is 0 Å². The fourth-order valence-corrected chi connectivity index (χ4v) is 1.81. The van der Waals surface area contributed by atoms with Gasteiger partial charge < -0.3 is 14.8 Å². The number of halogens is 1. The molecule has 0 aliphatic rings. The largest absolute Gasteiger partial charge is 0.492 e. The van der Waals surface area contributed by atoms with Gasteiger partial charge in [-0.1, -0.05) is 6.92 Å². The Morgan fingerprint density at radius 2 is 2.05 bits per heavy atom. The number of hydrogen-bond acceptors (Lipinski definition) is 4. The molecule has 0 fully saturated rings. The van der Waals surface area contributed by atoms with Gasteiger partial charge in [-0.3, -0.25) is 4.79 Å². The minimum absolute atomic E-state index is 0.130. The van der Waals surface area contributed by atoms with E-state index in [-0.39, 0.29) is 18.4 Å². The van der Waals surface area contributed by atoms with Gasteiger partial charge in [-0.15, -0.1) is 0 Å². The van der Waals surface area contributed by atoms with E-state index in [2.05, 4.69) is 12.2 Å². The Balaban J connectivity index is 2.68. The molecular formula is C16H24FNO3. The lowest BCUT2D eigenvalue weighted by Crippen LogP contribution is -2.32. The van der Waals surface area contributed by atoms with Crippen molar-refractivity contribution >= 4 is 5.97 Å². The summed E-state index contributed by atoms with van der Waals surface area (Å²) in [6.07, 6.45) is 1.02. The van der Waals surface area contributed by atoms with Crippen LogP contribution in [0.15, 0.2) is 18.2 Å². The average molecular weight is 297 g/mol. The van der Waals surface area contributed by atoms with Crippen LogP contribution in [0.1, 0.15) is 32.8 Å². The average Bonchev–Trinajstić information content (AvgIpc) is 2.44. The van der Waals surface area contributed by atoms with Crippen LogP contribution in [-0.2, 0) is 16.1 Å². The smallest absolute Gasteiger partial charge is 0.314 e. The number of ether oxygens (including phenoxy) is 2. The van der Waals surface area contributed by atoms with E-state index in [1.165, 1.54) is 19.2 Å². The van der Waals surface area contributed by atoms with Crippen molar-refractivity contribution < 1.29 is 18.7 Å². The lowest BCUT2D eigenvalue weighted by atomic mass is 9.95. The van der Waals surface area contributed by atoms with Crippen LogP contribution in [-0.4, -0.2) is 26.2 Å². The van der Waals surface area contributed by atoms with Crippen molar-refractivity contribution in [1.29, 1.82) is 0 Å². The zero-order chi connectivity index (χ0) is 15.9. The molecule has 1 aromatic rings. The second-order valence-electron chi connectivity index (χ2n) is 5.64. The second kappa shape index (κ2) is 7.98. The maximum absolute atomic E-state index is 13.6. The van der Waals surface area contributed by atoms with Gasteiger partial charge in [-0.25, -0.2) is 4.39 Å². The van der Waals surface area contributed by atoms with Gasteiger partial charge in [0.2, 0.25) is 0 Å². The molecule has 0 spiro atoms. The van der Waals surface area contributed by atoms with Gasteiger partial charge in [0.15, 0.2) is 0 Å². The highest BCUT2D eigenvalue weighted by molar-refractivity contribution is 5.75. The van der Waals surface area contributed by atoms with Crippen LogP contribution in [0.4, 0.5) is 4.39 Å². The highest BCUT2D eigenvalue weighted by atomic mass is 19.1. The SMILES string of the molecule is CCCNCc1cc(F)cc(OCC(C)(C)C(=O)OC)c1. The van der Waals surface area contributed by atoms with Crippen molar-refractivity contribution in [1.82, 2.24) is 5.32 Å². The van der Waals surface area contributed by atoms with Crippen molar-refractivity contribution in [3.05, 3.63) is 29.6 Å². The van der Waals surface area contributed by atoms with Gasteiger partial charge in [-0.2, -0.15) is 0 Å². The summed E-state index contributed by atoms with van der Waals surface area (Å²) in [7, 11) is 1.34. The van der Waals surface area contributed by atoms with Gasteiger partial charge in [0.05, 0.1) is 12.5 Å². The zero-order valence-electron chi connectivity index (χ0n) is 13.2. The first-order valence-corrected chi connectivity index (χ1v) is 7.10. The Morgan fingerprint density at radius 1 is 1.33 bits per heavy atom. The normalized spacial score (nSPS) is 11.3. The number of rotatable bonds is 8. The monoisotopic (exact) mass is 297 g/mol. The van der Waals surface area contributed by atoms with Crippen molar-refractivity contribution in [2.24, 2.45) is 5.41 Å². The minimum Gasteiger partial charge on any atom is -0.492 e. The highest BCUT2D eigenvalue weighted by Gasteiger charge is 2.29. The Bertz CT molecular complexity index is 475. The molecule has 0 saturated heterocycles. The van der Waals surface area contributed by atoms with Crippen molar-refractivity contribution in [3.63, 3.8) is 0 Å². The van der Waals surface area contributed by atoms with Crippen LogP contribution in [0.2, 0.25) is 0 Å². The third kappa shape index (κ3) is 5.71. The zero-order valence-corrected chi connectivity index (χ0v) is 13.2. The standard InChI is InChI=1S/C16H24FNO3/c1-5-6-18-10-12-7-13(17)9-14(8-12)21-11-16(2,3)15(19)20-4/h7-9,18H,5-6,10-11H2,1-4H3. The number of methoxy groups -OCH3 is 1. The summed E-state index contributed by atoms with van der Waals surface area (Å²) in [6, 6.07) is 4.57. The second-order valence-corrected chi connectivity index (χ2v) is 5.64. The predicted molar refractivity (Wildman–Crippen MR) is 79.7 cm³/mol. The molecule has 0 aliphatic carbocycles. The van der Waals surface area contributed by atoms with E-state index in [9.17, 15) is 9.18 Å². The van der Waals surface area contributed by atoms with Gasteiger partial charge in [-0.05, 0) is 44.5 Å². The Morgan fingerprint density at radius 3 is 2.67 bits per heavy atom. The summed E-state index contributed by atoms with van der Waals surface area (Å²) in [5, 5.41) is 3.21. The molecule has 0 atom stereocenters. The Labute approximate surface area is 125 Å². The van der Waals surface area contributed by atoms with Gasteiger partial charge in [0.25, 0.3) is 0 Å². The molecule has 0 radical (unpaired) electrons. The number of benzene rings is 1. The lowest BCUT2D eigenvalue weighted by Gasteiger charge is -2.21. The molecule has 0 aromatic heterocycles. The van der Waals surface area contributed by atoms with E-state index >= 15 is 0 Å². The number of esters is 1. The highest BCUT2D eigenvalue weighted by Crippen LogP contribution is 2.22. The molecule has 1 aromatic carbocycles. The molecule has 0 bridgehead atoms. The van der Waals surface area contributed by atoms with E-state index < -0.39 is 5.41 Å². The maximum Gasteiger partial charge on any atom is 0.314 e. The third-order valence-corrected chi connectivity index (χ3v) is 3.02. The summed E-state index contributed by atoms with van der Waals surface area (Å²) >= 11 is 0.